The van der Waals surface area contributed by atoms with Crippen LogP contribution >= 0.6 is 0 Å². The standard InChI is InChI=1S/C15H29N3O/c1-12(2)17(3)9-4-5-10-18-11-8-14(15(18)19)16-13-6-7-13/h12-14,16H,4-11H2,1-3H3. The van der Waals surface area contributed by atoms with E-state index in [1.807, 2.05) is 0 Å². The fourth-order valence-electron chi connectivity index (χ4n) is 2.57. The van der Waals surface area contributed by atoms with Crippen LogP contribution < -0.4 is 5.32 Å². The molecule has 0 aromatic carbocycles. The van der Waals surface area contributed by atoms with Gasteiger partial charge in [0.05, 0.1) is 6.04 Å². The highest BCUT2D eigenvalue weighted by Gasteiger charge is 2.35. The molecule has 4 nitrogen and oxygen atoms in total. The molecule has 1 aliphatic carbocycles. The third-order valence-corrected chi connectivity index (χ3v) is 4.38. The summed E-state index contributed by atoms with van der Waals surface area (Å²) in [7, 11) is 2.17. The first-order valence-electron chi connectivity index (χ1n) is 7.83. The van der Waals surface area contributed by atoms with Crippen molar-refractivity contribution in [1.29, 1.82) is 0 Å². The summed E-state index contributed by atoms with van der Waals surface area (Å²) >= 11 is 0. The quantitative estimate of drug-likeness (QED) is 0.676. The third kappa shape index (κ3) is 4.46. The van der Waals surface area contributed by atoms with Crippen LogP contribution in [0.2, 0.25) is 0 Å². The number of nitrogens with one attached hydrogen (secondary N) is 1. The van der Waals surface area contributed by atoms with Gasteiger partial charge in [0.2, 0.25) is 5.91 Å². The molecule has 2 aliphatic rings. The van der Waals surface area contributed by atoms with E-state index in [4.69, 9.17) is 0 Å². The zero-order valence-corrected chi connectivity index (χ0v) is 12.7. The fraction of sp³-hybridized carbons (Fsp3) is 0.933. The average Bonchev–Trinajstić information content (AvgIpc) is 3.12. The Kier molecular flexibility index (Phi) is 5.22. The van der Waals surface area contributed by atoms with Gasteiger partial charge in [-0.05, 0) is 59.5 Å². The first kappa shape index (κ1) is 14.8. The van der Waals surface area contributed by atoms with Crippen molar-refractivity contribution in [3.05, 3.63) is 0 Å². The molecule has 1 aliphatic heterocycles. The van der Waals surface area contributed by atoms with Crippen LogP contribution in [-0.2, 0) is 4.79 Å². The van der Waals surface area contributed by atoms with E-state index in [-0.39, 0.29) is 6.04 Å². The highest BCUT2D eigenvalue weighted by Crippen LogP contribution is 2.22. The number of carbonyl (C=O) groups is 1. The molecule has 0 spiro atoms. The van der Waals surface area contributed by atoms with Crippen LogP contribution in [0.3, 0.4) is 0 Å². The zero-order valence-electron chi connectivity index (χ0n) is 12.7. The van der Waals surface area contributed by atoms with E-state index in [0.717, 1.165) is 32.5 Å². The molecule has 1 saturated heterocycles. The Hall–Kier alpha value is -0.610. The van der Waals surface area contributed by atoms with Crippen LogP contribution in [0.4, 0.5) is 0 Å². The van der Waals surface area contributed by atoms with Gasteiger partial charge in [-0.3, -0.25) is 4.79 Å². The van der Waals surface area contributed by atoms with E-state index < -0.39 is 0 Å². The fourth-order valence-corrected chi connectivity index (χ4v) is 2.57. The smallest absolute Gasteiger partial charge is 0.239 e. The maximum absolute atomic E-state index is 12.2. The molecule has 1 unspecified atom stereocenters. The van der Waals surface area contributed by atoms with E-state index in [0.29, 0.717) is 18.0 Å². The zero-order chi connectivity index (χ0) is 13.8. The predicted octanol–water partition coefficient (Wildman–Crippen LogP) is 1.46. The van der Waals surface area contributed by atoms with Crippen LogP contribution in [0.25, 0.3) is 0 Å². The van der Waals surface area contributed by atoms with E-state index in [9.17, 15) is 4.79 Å². The molecule has 1 N–H and O–H groups in total. The van der Waals surface area contributed by atoms with Crippen LogP contribution in [-0.4, -0.2) is 60.5 Å². The summed E-state index contributed by atoms with van der Waals surface area (Å²) in [5.74, 6) is 0.337. The summed E-state index contributed by atoms with van der Waals surface area (Å²) < 4.78 is 0. The average molecular weight is 267 g/mol. The molecule has 1 saturated carbocycles. The molecule has 1 atom stereocenters. The number of likely N-dealkylation sites (tertiary alicyclic amines) is 1. The first-order valence-corrected chi connectivity index (χ1v) is 7.83. The van der Waals surface area contributed by atoms with Crippen molar-refractivity contribution in [2.24, 2.45) is 0 Å². The Morgan fingerprint density at radius 2 is 2.05 bits per heavy atom. The minimum Gasteiger partial charge on any atom is -0.341 e. The molecule has 110 valence electrons. The number of nitrogens with zero attached hydrogens (tertiary/aromatic N) is 2. The normalized spacial score (nSPS) is 23.9. The van der Waals surface area contributed by atoms with Gasteiger partial charge in [-0.2, -0.15) is 0 Å². The summed E-state index contributed by atoms with van der Waals surface area (Å²) in [6.07, 6.45) is 5.82. The molecule has 0 bridgehead atoms. The number of unbranched alkanes of at least 4 members (excludes halogenated alkanes) is 1. The van der Waals surface area contributed by atoms with Gasteiger partial charge in [0.1, 0.15) is 0 Å². The molecule has 0 aromatic heterocycles. The number of carbonyl (C=O) groups excluding carboxylic acids is 1. The molecule has 0 aromatic rings. The highest BCUT2D eigenvalue weighted by molar-refractivity contribution is 5.84. The molecule has 1 heterocycles. The van der Waals surface area contributed by atoms with Crippen LogP contribution in [0.15, 0.2) is 0 Å². The van der Waals surface area contributed by atoms with Gasteiger partial charge in [-0.1, -0.05) is 0 Å². The molecular weight excluding hydrogens is 238 g/mol. The highest BCUT2D eigenvalue weighted by atomic mass is 16.2. The number of hydrogen-bond acceptors (Lipinski definition) is 3. The number of rotatable bonds is 8. The van der Waals surface area contributed by atoms with Crippen molar-refractivity contribution in [1.82, 2.24) is 15.1 Å². The second-order valence-corrected chi connectivity index (χ2v) is 6.39. The molecule has 1 amide bonds. The van der Waals surface area contributed by atoms with Gasteiger partial charge in [-0.25, -0.2) is 0 Å². The molecule has 4 heteroatoms. The monoisotopic (exact) mass is 267 g/mol. The summed E-state index contributed by atoms with van der Waals surface area (Å²) in [6, 6.07) is 1.36. The van der Waals surface area contributed by atoms with Gasteiger partial charge in [-0.15, -0.1) is 0 Å². The largest absolute Gasteiger partial charge is 0.341 e. The van der Waals surface area contributed by atoms with E-state index in [1.54, 1.807) is 0 Å². The van der Waals surface area contributed by atoms with E-state index in [1.165, 1.54) is 19.3 Å². The minimum atomic E-state index is 0.117. The Labute approximate surface area is 117 Å². The Bertz CT molecular complexity index is 302. The lowest BCUT2D eigenvalue weighted by atomic mass is 10.2. The predicted molar refractivity (Wildman–Crippen MR) is 78.1 cm³/mol. The lowest BCUT2D eigenvalue weighted by molar-refractivity contribution is -0.129. The molecule has 2 fully saturated rings. The second kappa shape index (κ2) is 6.71. The summed E-state index contributed by atoms with van der Waals surface area (Å²) in [4.78, 5) is 16.6. The lowest BCUT2D eigenvalue weighted by Crippen LogP contribution is -2.39. The van der Waals surface area contributed by atoms with Gasteiger partial charge in [0.25, 0.3) is 0 Å². The van der Waals surface area contributed by atoms with Gasteiger partial charge < -0.3 is 15.1 Å². The SMILES string of the molecule is CC(C)N(C)CCCCN1CCC(NC2CC2)C1=O. The van der Waals surface area contributed by atoms with Gasteiger partial charge in [0.15, 0.2) is 0 Å². The first-order chi connectivity index (χ1) is 9.08. The third-order valence-electron chi connectivity index (χ3n) is 4.38. The molecule has 19 heavy (non-hydrogen) atoms. The maximum atomic E-state index is 12.2. The van der Waals surface area contributed by atoms with Gasteiger partial charge in [0, 0.05) is 25.2 Å². The topological polar surface area (TPSA) is 35.6 Å². The van der Waals surface area contributed by atoms with Crippen molar-refractivity contribution < 1.29 is 4.79 Å². The van der Waals surface area contributed by atoms with Crippen LogP contribution in [0, 0.1) is 0 Å². The summed E-state index contributed by atoms with van der Waals surface area (Å²) in [5.41, 5.74) is 0. The van der Waals surface area contributed by atoms with Crippen LogP contribution in [0.1, 0.15) is 46.0 Å². The van der Waals surface area contributed by atoms with E-state index in [2.05, 4.69) is 36.0 Å². The number of hydrogen-bond donors (Lipinski definition) is 1. The van der Waals surface area contributed by atoms with E-state index >= 15 is 0 Å². The summed E-state index contributed by atoms with van der Waals surface area (Å²) in [6.45, 7) is 7.45. The molecule has 2 rings (SSSR count). The lowest BCUT2D eigenvalue weighted by Gasteiger charge is -2.22. The van der Waals surface area contributed by atoms with Crippen molar-refractivity contribution >= 4 is 5.91 Å². The van der Waals surface area contributed by atoms with Crippen LogP contribution in [0.5, 0.6) is 0 Å². The van der Waals surface area contributed by atoms with Crippen molar-refractivity contribution in [3.63, 3.8) is 0 Å². The minimum absolute atomic E-state index is 0.117. The maximum Gasteiger partial charge on any atom is 0.239 e. The number of amides is 1. The second-order valence-electron chi connectivity index (χ2n) is 6.39. The Morgan fingerprint density at radius 1 is 1.32 bits per heavy atom. The van der Waals surface area contributed by atoms with Crippen molar-refractivity contribution in [3.8, 4) is 0 Å². The molecular formula is C15H29N3O. The Balaban J connectivity index is 1.59. The molecule has 0 radical (unpaired) electrons. The summed E-state index contributed by atoms with van der Waals surface area (Å²) in [5, 5.41) is 3.46. The van der Waals surface area contributed by atoms with Crippen molar-refractivity contribution in [2.75, 3.05) is 26.7 Å². The Morgan fingerprint density at radius 3 is 2.68 bits per heavy atom. The van der Waals surface area contributed by atoms with Gasteiger partial charge >= 0.3 is 0 Å². The van der Waals surface area contributed by atoms with Crippen molar-refractivity contribution in [2.45, 2.75) is 64.1 Å².